The first kappa shape index (κ1) is 24.9. The molecule has 0 radical (unpaired) electrons. The van der Waals surface area contributed by atoms with Crippen LogP contribution in [0.15, 0.2) is 29.6 Å². The number of aryl methyl sites for hydroxylation is 1. The van der Waals surface area contributed by atoms with Crippen molar-refractivity contribution in [3.8, 4) is 0 Å². The number of hydrogen-bond acceptors (Lipinski definition) is 6. The molecule has 0 bridgehead atoms. The fourth-order valence-corrected chi connectivity index (χ4v) is 4.70. The van der Waals surface area contributed by atoms with Crippen molar-refractivity contribution in [2.45, 2.75) is 60.5 Å². The van der Waals surface area contributed by atoms with E-state index in [-0.39, 0.29) is 30.3 Å². The maximum absolute atomic E-state index is 12.6. The number of rotatable bonds is 6. The molecule has 1 fully saturated rings. The summed E-state index contributed by atoms with van der Waals surface area (Å²) in [5.41, 5.74) is 2.15. The van der Waals surface area contributed by atoms with E-state index in [0.717, 1.165) is 12.1 Å². The van der Waals surface area contributed by atoms with Crippen LogP contribution in [0.4, 0.5) is 10.8 Å². The number of piperidine rings is 1. The Morgan fingerprint density at radius 2 is 1.79 bits per heavy atom. The van der Waals surface area contributed by atoms with Gasteiger partial charge in [-0.15, -0.1) is 11.3 Å². The molecule has 2 aromatic rings. The maximum atomic E-state index is 12.6. The summed E-state index contributed by atoms with van der Waals surface area (Å²) in [7, 11) is 0. The van der Waals surface area contributed by atoms with Crippen molar-refractivity contribution in [2.75, 3.05) is 18.0 Å². The van der Waals surface area contributed by atoms with Gasteiger partial charge >= 0.3 is 5.97 Å². The molecule has 0 saturated carbocycles. The van der Waals surface area contributed by atoms with Crippen molar-refractivity contribution < 1.29 is 19.1 Å². The van der Waals surface area contributed by atoms with Gasteiger partial charge in [0.25, 0.3) is 0 Å². The molecular weight excluding hydrogens is 438 g/mol. The lowest BCUT2D eigenvalue weighted by molar-refractivity contribution is -0.154. The summed E-state index contributed by atoms with van der Waals surface area (Å²) in [4.78, 5) is 45.2. The molecule has 0 aliphatic carbocycles. The van der Waals surface area contributed by atoms with E-state index in [2.05, 4.69) is 11.9 Å². The minimum atomic E-state index is -0.415. The summed E-state index contributed by atoms with van der Waals surface area (Å²) >= 11 is 1.34. The van der Waals surface area contributed by atoms with Gasteiger partial charge < -0.3 is 9.64 Å². The van der Waals surface area contributed by atoms with Gasteiger partial charge in [-0.3, -0.25) is 19.3 Å². The predicted molar refractivity (Wildman–Crippen MR) is 129 cm³/mol. The van der Waals surface area contributed by atoms with Gasteiger partial charge in [0.1, 0.15) is 6.61 Å². The van der Waals surface area contributed by atoms with E-state index in [1.165, 1.54) is 23.8 Å². The van der Waals surface area contributed by atoms with Crippen LogP contribution in [0.25, 0.3) is 0 Å². The van der Waals surface area contributed by atoms with Crippen LogP contribution in [0.2, 0.25) is 0 Å². The molecule has 2 amide bonds. The van der Waals surface area contributed by atoms with Crippen LogP contribution in [0.1, 0.15) is 58.7 Å². The van der Waals surface area contributed by atoms with Crippen LogP contribution in [-0.4, -0.2) is 40.8 Å². The number of carbonyl (C=O) groups excluding carboxylic acids is 3. The second-order valence-electron chi connectivity index (χ2n) is 9.42. The molecule has 1 aliphatic rings. The van der Waals surface area contributed by atoms with Gasteiger partial charge in [0.15, 0.2) is 5.13 Å². The third-order valence-corrected chi connectivity index (χ3v) is 6.64. The smallest absolute Gasteiger partial charge is 0.309 e. The van der Waals surface area contributed by atoms with Crippen LogP contribution in [0, 0.1) is 11.3 Å². The Kier molecular flexibility index (Phi) is 7.89. The fraction of sp³-hybridized carbons (Fsp3) is 0.520. The highest BCUT2D eigenvalue weighted by molar-refractivity contribution is 7.14. The molecule has 178 valence electrons. The monoisotopic (exact) mass is 471 g/mol. The normalized spacial score (nSPS) is 14.8. The van der Waals surface area contributed by atoms with Crippen LogP contribution < -0.4 is 4.90 Å². The first-order chi connectivity index (χ1) is 15.6. The number of hydrogen-bond donors (Lipinski definition) is 0. The number of anilines is 2. The number of esters is 1. The van der Waals surface area contributed by atoms with E-state index in [1.807, 2.05) is 55.3 Å². The molecule has 0 atom stereocenters. The fourth-order valence-electron chi connectivity index (χ4n) is 3.83. The minimum Gasteiger partial charge on any atom is -0.459 e. The lowest BCUT2D eigenvalue weighted by atomic mass is 9.91. The van der Waals surface area contributed by atoms with Crippen LogP contribution in [0.3, 0.4) is 0 Å². The van der Waals surface area contributed by atoms with Crippen LogP contribution >= 0.6 is 11.3 Å². The Morgan fingerprint density at radius 1 is 1.15 bits per heavy atom. The summed E-state index contributed by atoms with van der Waals surface area (Å²) in [5, 5.41) is 2.36. The van der Waals surface area contributed by atoms with E-state index in [9.17, 15) is 14.4 Å². The highest BCUT2D eigenvalue weighted by Gasteiger charge is 2.33. The molecule has 2 heterocycles. The van der Waals surface area contributed by atoms with E-state index in [0.29, 0.717) is 36.8 Å². The Morgan fingerprint density at radius 3 is 2.33 bits per heavy atom. The molecule has 0 spiro atoms. The quantitative estimate of drug-likeness (QED) is 0.570. The lowest BCUT2D eigenvalue weighted by Gasteiger charge is -2.34. The first-order valence-electron chi connectivity index (χ1n) is 11.4. The minimum absolute atomic E-state index is 0.0665. The zero-order valence-corrected chi connectivity index (χ0v) is 20.9. The SMILES string of the molecule is CCc1ccc(N(C(C)=O)c2nc(COC(=O)C3CCN(C(=O)C(C)(C)C)CC3)cs2)cc1. The van der Waals surface area contributed by atoms with Gasteiger partial charge in [-0.1, -0.05) is 39.8 Å². The van der Waals surface area contributed by atoms with Gasteiger partial charge in [-0.05, 0) is 37.0 Å². The average molecular weight is 472 g/mol. The number of carbonyl (C=O) groups is 3. The summed E-state index contributed by atoms with van der Waals surface area (Å²) in [6, 6.07) is 7.83. The third kappa shape index (κ3) is 6.19. The van der Waals surface area contributed by atoms with Gasteiger partial charge in [0.2, 0.25) is 11.8 Å². The molecule has 1 aromatic heterocycles. The lowest BCUT2D eigenvalue weighted by Crippen LogP contribution is -2.45. The molecule has 1 aromatic carbocycles. The maximum Gasteiger partial charge on any atom is 0.309 e. The average Bonchev–Trinajstić information content (AvgIpc) is 3.25. The van der Waals surface area contributed by atoms with E-state index < -0.39 is 5.41 Å². The standard InChI is InChI=1S/C25H33N3O4S/c1-6-18-7-9-21(10-8-18)28(17(2)29)24-26-20(16-33-24)15-32-22(30)19-11-13-27(14-12-19)23(31)25(3,4)5/h7-10,16,19H,6,11-15H2,1-5H3. The highest BCUT2D eigenvalue weighted by atomic mass is 32.1. The zero-order chi connectivity index (χ0) is 24.2. The summed E-state index contributed by atoms with van der Waals surface area (Å²) in [6.45, 7) is 10.5. The molecule has 3 rings (SSSR count). The second kappa shape index (κ2) is 10.5. The van der Waals surface area contributed by atoms with Gasteiger partial charge in [-0.2, -0.15) is 0 Å². The van der Waals surface area contributed by atoms with Crippen molar-refractivity contribution in [1.29, 1.82) is 0 Å². The van der Waals surface area contributed by atoms with Crippen LogP contribution in [-0.2, 0) is 32.1 Å². The Balaban J connectivity index is 1.56. The summed E-state index contributed by atoms with van der Waals surface area (Å²) < 4.78 is 5.52. The largest absolute Gasteiger partial charge is 0.459 e. The molecule has 0 N–H and O–H groups in total. The molecule has 33 heavy (non-hydrogen) atoms. The summed E-state index contributed by atoms with van der Waals surface area (Å²) in [6.07, 6.45) is 2.14. The van der Waals surface area contributed by atoms with Crippen molar-refractivity contribution in [3.63, 3.8) is 0 Å². The van der Waals surface area contributed by atoms with Crippen molar-refractivity contribution in [1.82, 2.24) is 9.88 Å². The molecule has 1 aliphatic heterocycles. The number of ether oxygens (including phenoxy) is 1. The molecule has 7 nitrogen and oxygen atoms in total. The van der Waals surface area contributed by atoms with E-state index >= 15 is 0 Å². The first-order valence-corrected chi connectivity index (χ1v) is 12.3. The summed E-state index contributed by atoms with van der Waals surface area (Å²) in [5.74, 6) is -0.485. The van der Waals surface area contributed by atoms with Gasteiger partial charge in [-0.25, -0.2) is 4.98 Å². The Labute approximate surface area is 199 Å². The highest BCUT2D eigenvalue weighted by Crippen LogP contribution is 2.30. The van der Waals surface area contributed by atoms with Crippen molar-refractivity contribution >= 4 is 39.9 Å². The number of benzene rings is 1. The van der Waals surface area contributed by atoms with Crippen LogP contribution in [0.5, 0.6) is 0 Å². The third-order valence-electron chi connectivity index (χ3n) is 5.77. The second-order valence-corrected chi connectivity index (χ2v) is 10.3. The van der Waals surface area contributed by atoms with E-state index in [4.69, 9.17) is 4.74 Å². The molecule has 0 unspecified atom stereocenters. The molecule has 8 heteroatoms. The van der Waals surface area contributed by atoms with Gasteiger partial charge in [0, 0.05) is 30.8 Å². The molecular formula is C25H33N3O4S. The molecule has 1 saturated heterocycles. The Hall–Kier alpha value is -2.74. The van der Waals surface area contributed by atoms with Crippen molar-refractivity contribution in [3.05, 3.63) is 40.9 Å². The number of aromatic nitrogens is 1. The van der Waals surface area contributed by atoms with E-state index in [1.54, 1.807) is 4.90 Å². The zero-order valence-electron chi connectivity index (χ0n) is 20.1. The topological polar surface area (TPSA) is 79.8 Å². The number of thiazole rings is 1. The number of amides is 2. The number of likely N-dealkylation sites (tertiary alicyclic amines) is 1. The Bertz CT molecular complexity index is 986. The predicted octanol–water partition coefficient (Wildman–Crippen LogP) is 4.72. The van der Waals surface area contributed by atoms with Gasteiger partial charge in [0.05, 0.1) is 17.3 Å². The van der Waals surface area contributed by atoms with Crippen molar-refractivity contribution in [2.24, 2.45) is 11.3 Å². The number of nitrogens with zero attached hydrogens (tertiary/aromatic N) is 3.